The molecule has 5 nitrogen and oxygen atoms in total. The van der Waals surface area contributed by atoms with E-state index in [9.17, 15) is 13.9 Å². The highest BCUT2D eigenvalue weighted by Crippen LogP contribution is 2.21. The summed E-state index contributed by atoms with van der Waals surface area (Å²) in [6.45, 7) is 4.49. The Labute approximate surface area is 156 Å². The number of hydrogen-bond acceptors (Lipinski definition) is 5. The first kappa shape index (κ1) is 20.5. The average Bonchev–Trinajstić information content (AvgIpc) is 2.53. The van der Waals surface area contributed by atoms with Gasteiger partial charge in [-0.2, -0.15) is 0 Å². The maximum Gasteiger partial charge on any atom is 0.256 e. The number of pyridine rings is 2. The second-order valence-electron chi connectivity index (χ2n) is 6.75. The molecule has 0 aliphatic rings. The number of halogens is 3. The van der Waals surface area contributed by atoms with Gasteiger partial charge in [0, 0.05) is 18.3 Å². The van der Waals surface area contributed by atoms with Crippen molar-refractivity contribution >= 4 is 17.4 Å². The molecule has 0 saturated heterocycles. The van der Waals surface area contributed by atoms with Gasteiger partial charge in [0.1, 0.15) is 11.0 Å². The molecule has 1 atom stereocenters. The van der Waals surface area contributed by atoms with Crippen molar-refractivity contribution in [1.82, 2.24) is 9.97 Å². The first-order valence-corrected chi connectivity index (χ1v) is 8.49. The molecule has 142 valence electrons. The third-order valence-corrected chi connectivity index (χ3v) is 3.54. The smallest absolute Gasteiger partial charge is 0.256 e. The van der Waals surface area contributed by atoms with Gasteiger partial charge in [-0.1, -0.05) is 23.7 Å². The molecule has 0 aromatic carbocycles. The largest absolute Gasteiger partial charge is 0.351 e. The van der Waals surface area contributed by atoms with Crippen LogP contribution < -0.4 is 4.90 Å². The summed E-state index contributed by atoms with van der Waals surface area (Å²) < 4.78 is 31.4. The summed E-state index contributed by atoms with van der Waals surface area (Å²) in [5.74, 6) is 0.210. The molecule has 0 fully saturated rings. The zero-order valence-corrected chi connectivity index (χ0v) is 15.6. The monoisotopic (exact) mass is 385 g/mol. The van der Waals surface area contributed by atoms with E-state index in [1.165, 1.54) is 0 Å². The SMILES string of the molecule is CC(C)(C)OC(O)N(CC(F)F)c1cccc(Cc2ccc(Cl)nc2)n1. The van der Waals surface area contributed by atoms with E-state index in [-0.39, 0.29) is 5.82 Å². The van der Waals surface area contributed by atoms with Gasteiger partial charge in [-0.3, -0.25) is 0 Å². The predicted molar refractivity (Wildman–Crippen MR) is 96.5 cm³/mol. The van der Waals surface area contributed by atoms with Crippen LogP contribution in [0.15, 0.2) is 36.5 Å². The molecule has 0 saturated carbocycles. The lowest BCUT2D eigenvalue weighted by atomic mass is 10.1. The van der Waals surface area contributed by atoms with E-state index in [1.807, 2.05) is 6.07 Å². The molecule has 2 heterocycles. The molecule has 8 heteroatoms. The lowest BCUT2D eigenvalue weighted by molar-refractivity contribution is -0.167. The van der Waals surface area contributed by atoms with Crippen LogP contribution in [0.3, 0.4) is 0 Å². The fraction of sp³-hybridized carbons (Fsp3) is 0.444. The van der Waals surface area contributed by atoms with E-state index < -0.39 is 25.0 Å². The van der Waals surface area contributed by atoms with Crippen molar-refractivity contribution in [1.29, 1.82) is 0 Å². The molecule has 2 aromatic heterocycles. The second kappa shape index (κ2) is 8.70. The molecule has 0 radical (unpaired) electrons. The second-order valence-corrected chi connectivity index (χ2v) is 7.14. The number of nitrogens with zero attached hydrogens (tertiary/aromatic N) is 3. The van der Waals surface area contributed by atoms with Crippen LogP contribution >= 0.6 is 11.6 Å². The highest BCUT2D eigenvalue weighted by molar-refractivity contribution is 6.29. The predicted octanol–water partition coefficient (Wildman–Crippen LogP) is 3.88. The summed E-state index contributed by atoms with van der Waals surface area (Å²) in [5.41, 5.74) is 0.826. The van der Waals surface area contributed by atoms with Crippen molar-refractivity contribution in [2.24, 2.45) is 0 Å². The minimum atomic E-state index is -2.65. The lowest BCUT2D eigenvalue weighted by Crippen LogP contribution is -2.44. The molecule has 2 aromatic rings. The Morgan fingerprint density at radius 1 is 1.23 bits per heavy atom. The maximum atomic E-state index is 13.0. The molecule has 0 bridgehead atoms. The highest BCUT2D eigenvalue weighted by Gasteiger charge is 2.26. The van der Waals surface area contributed by atoms with Crippen LogP contribution in [-0.4, -0.2) is 40.1 Å². The molecule has 1 unspecified atom stereocenters. The van der Waals surface area contributed by atoms with Crippen LogP contribution in [-0.2, 0) is 11.2 Å². The normalized spacial score (nSPS) is 13.1. The first-order chi connectivity index (χ1) is 12.1. The standard InChI is InChI=1S/C18H22ClF2N3O2/c1-18(2,3)26-17(25)24(11-15(20)21)16-6-4-5-13(23-16)9-12-7-8-14(19)22-10-12/h4-8,10,15,17,25H,9,11H2,1-3H3. The Hall–Kier alpha value is -1.83. The molecule has 2 rings (SSSR count). The van der Waals surface area contributed by atoms with Crippen LogP contribution in [0.1, 0.15) is 32.0 Å². The van der Waals surface area contributed by atoms with Gasteiger partial charge in [-0.25, -0.2) is 18.7 Å². The van der Waals surface area contributed by atoms with Gasteiger partial charge in [0.2, 0.25) is 6.41 Å². The number of rotatable bonds is 7. The average molecular weight is 386 g/mol. The first-order valence-electron chi connectivity index (χ1n) is 8.11. The minimum Gasteiger partial charge on any atom is -0.351 e. The van der Waals surface area contributed by atoms with Crippen molar-refractivity contribution in [2.45, 2.75) is 45.6 Å². The van der Waals surface area contributed by atoms with Gasteiger partial charge >= 0.3 is 0 Å². The number of anilines is 1. The highest BCUT2D eigenvalue weighted by atomic mass is 35.5. The third kappa shape index (κ3) is 6.48. The summed E-state index contributed by atoms with van der Waals surface area (Å²) >= 11 is 5.77. The van der Waals surface area contributed by atoms with Crippen LogP contribution in [0, 0.1) is 0 Å². The van der Waals surface area contributed by atoms with E-state index in [2.05, 4.69) is 9.97 Å². The van der Waals surface area contributed by atoms with E-state index in [0.717, 1.165) is 10.5 Å². The van der Waals surface area contributed by atoms with Gasteiger partial charge in [0.25, 0.3) is 6.43 Å². The summed E-state index contributed by atoms with van der Waals surface area (Å²) in [4.78, 5) is 9.44. The van der Waals surface area contributed by atoms with Gasteiger partial charge in [-0.05, 0) is 44.5 Å². The summed E-state index contributed by atoms with van der Waals surface area (Å²) in [6.07, 6.45) is -2.11. The zero-order chi connectivity index (χ0) is 19.3. The Morgan fingerprint density at radius 3 is 2.54 bits per heavy atom. The number of aromatic nitrogens is 2. The van der Waals surface area contributed by atoms with Gasteiger partial charge < -0.3 is 14.7 Å². The Morgan fingerprint density at radius 2 is 1.96 bits per heavy atom. The molecule has 0 amide bonds. The molecule has 1 N–H and O–H groups in total. The van der Waals surface area contributed by atoms with E-state index in [4.69, 9.17) is 16.3 Å². The molecular formula is C18H22ClF2N3O2. The Balaban J connectivity index is 2.23. The Bertz CT molecular complexity index is 708. The zero-order valence-electron chi connectivity index (χ0n) is 14.9. The number of hydrogen-bond donors (Lipinski definition) is 1. The number of ether oxygens (including phenoxy) is 1. The van der Waals surface area contributed by atoms with Crippen molar-refractivity contribution in [3.8, 4) is 0 Å². The number of alkyl halides is 2. The van der Waals surface area contributed by atoms with E-state index in [1.54, 1.807) is 51.2 Å². The topological polar surface area (TPSA) is 58.5 Å². The quantitative estimate of drug-likeness (QED) is 0.579. The summed E-state index contributed by atoms with van der Waals surface area (Å²) in [7, 11) is 0. The van der Waals surface area contributed by atoms with Crippen molar-refractivity contribution in [3.63, 3.8) is 0 Å². The summed E-state index contributed by atoms with van der Waals surface area (Å²) in [6, 6.07) is 8.52. The van der Waals surface area contributed by atoms with Crippen LogP contribution in [0.2, 0.25) is 5.15 Å². The molecule has 26 heavy (non-hydrogen) atoms. The summed E-state index contributed by atoms with van der Waals surface area (Å²) in [5, 5.41) is 10.7. The fourth-order valence-corrected chi connectivity index (χ4v) is 2.38. The van der Waals surface area contributed by atoms with E-state index in [0.29, 0.717) is 17.3 Å². The Kier molecular flexibility index (Phi) is 6.86. The molecular weight excluding hydrogens is 364 g/mol. The maximum absolute atomic E-state index is 13.0. The van der Waals surface area contributed by atoms with Crippen molar-refractivity contribution in [3.05, 3.63) is 52.9 Å². The van der Waals surface area contributed by atoms with Crippen LogP contribution in [0.25, 0.3) is 0 Å². The van der Waals surface area contributed by atoms with Gasteiger partial charge in [0.05, 0.1) is 12.1 Å². The molecule has 0 spiro atoms. The van der Waals surface area contributed by atoms with Crippen molar-refractivity contribution in [2.75, 3.05) is 11.4 Å². The molecule has 0 aliphatic carbocycles. The van der Waals surface area contributed by atoms with Gasteiger partial charge in [0.15, 0.2) is 0 Å². The minimum absolute atomic E-state index is 0.210. The van der Waals surface area contributed by atoms with Gasteiger partial charge in [-0.15, -0.1) is 0 Å². The molecule has 0 aliphatic heterocycles. The lowest BCUT2D eigenvalue weighted by Gasteiger charge is -2.33. The number of aliphatic hydroxyl groups is 1. The number of aliphatic hydroxyl groups excluding tert-OH is 1. The third-order valence-electron chi connectivity index (χ3n) is 3.32. The van der Waals surface area contributed by atoms with Crippen LogP contribution in [0.4, 0.5) is 14.6 Å². The fourth-order valence-electron chi connectivity index (χ4n) is 2.27. The van der Waals surface area contributed by atoms with Crippen molar-refractivity contribution < 1.29 is 18.6 Å². The van der Waals surface area contributed by atoms with E-state index >= 15 is 0 Å². The van der Waals surface area contributed by atoms with Crippen LogP contribution in [0.5, 0.6) is 0 Å².